The molecule has 0 saturated heterocycles. The minimum absolute atomic E-state index is 0.585. The van der Waals surface area contributed by atoms with Crippen LogP contribution in [0.3, 0.4) is 0 Å². The molecular weight excluding hydrogens is 226 g/mol. The van der Waals surface area contributed by atoms with E-state index in [4.69, 9.17) is 14.2 Å². The molecular formula is C11H21NO5. The zero-order chi connectivity index (χ0) is 13.6. The lowest BCUT2D eigenvalue weighted by molar-refractivity contribution is -0.151. The molecule has 100 valence electrons. The summed E-state index contributed by atoms with van der Waals surface area (Å²) < 4.78 is 15.0. The molecule has 0 bridgehead atoms. The van der Waals surface area contributed by atoms with E-state index < -0.39 is 24.0 Å². The van der Waals surface area contributed by atoms with Gasteiger partial charge in [-0.3, -0.25) is 4.90 Å². The molecule has 1 amide bonds. The third-order valence-corrected chi connectivity index (χ3v) is 2.01. The Morgan fingerprint density at radius 3 is 2.00 bits per heavy atom. The fraction of sp³-hybridized carbons (Fsp3) is 0.818. The molecule has 1 unspecified atom stereocenters. The molecule has 0 aromatic carbocycles. The van der Waals surface area contributed by atoms with Crippen molar-refractivity contribution in [2.75, 3.05) is 21.3 Å². The summed E-state index contributed by atoms with van der Waals surface area (Å²) in [6.07, 6.45) is -0.833. The van der Waals surface area contributed by atoms with Crippen LogP contribution in [0.4, 0.5) is 4.79 Å². The van der Waals surface area contributed by atoms with Crippen molar-refractivity contribution in [1.29, 1.82) is 0 Å². The first-order chi connectivity index (χ1) is 7.76. The zero-order valence-electron chi connectivity index (χ0n) is 11.2. The molecule has 6 heteroatoms. The standard InChI is InChI=1S/C11H21NO5/c1-11(2,3)17-10(14)12(4)8(7-13)9(15-5)16-6/h7-9H,1-6H3. The Bertz CT molecular complexity index is 257. The van der Waals surface area contributed by atoms with Crippen LogP contribution in [0.1, 0.15) is 20.8 Å². The summed E-state index contributed by atoms with van der Waals surface area (Å²) in [5, 5.41) is 0. The van der Waals surface area contributed by atoms with E-state index >= 15 is 0 Å². The van der Waals surface area contributed by atoms with Gasteiger partial charge in [0.1, 0.15) is 17.9 Å². The van der Waals surface area contributed by atoms with Crippen LogP contribution in [0, 0.1) is 0 Å². The number of aldehydes is 1. The second-order valence-electron chi connectivity index (χ2n) is 4.56. The van der Waals surface area contributed by atoms with E-state index in [0.717, 1.165) is 4.90 Å². The predicted octanol–water partition coefficient (Wildman–Crippen LogP) is 1.04. The van der Waals surface area contributed by atoms with E-state index in [2.05, 4.69) is 0 Å². The number of amides is 1. The minimum Gasteiger partial charge on any atom is -0.444 e. The van der Waals surface area contributed by atoms with Gasteiger partial charge in [0.05, 0.1) is 0 Å². The first-order valence-electron chi connectivity index (χ1n) is 5.23. The van der Waals surface area contributed by atoms with E-state index in [1.807, 2.05) is 0 Å². The lowest BCUT2D eigenvalue weighted by Crippen LogP contribution is -2.48. The quantitative estimate of drug-likeness (QED) is 0.536. The molecule has 0 heterocycles. The van der Waals surface area contributed by atoms with Gasteiger partial charge >= 0.3 is 6.09 Å². The van der Waals surface area contributed by atoms with Crippen molar-refractivity contribution in [3.05, 3.63) is 0 Å². The topological polar surface area (TPSA) is 65.1 Å². The average Bonchev–Trinajstić information content (AvgIpc) is 2.22. The van der Waals surface area contributed by atoms with Crippen molar-refractivity contribution in [1.82, 2.24) is 4.90 Å². The molecule has 0 aliphatic heterocycles. The van der Waals surface area contributed by atoms with Crippen LogP contribution in [0.15, 0.2) is 0 Å². The van der Waals surface area contributed by atoms with E-state index in [1.54, 1.807) is 20.8 Å². The molecule has 0 N–H and O–H groups in total. The Balaban J connectivity index is 4.69. The van der Waals surface area contributed by atoms with Crippen molar-refractivity contribution in [2.45, 2.75) is 38.7 Å². The second kappa shape index (κ2) is 6.56. The summed E-state index contributed by atoms with van der Waals surface area (Å²) in [6, 6.07) is -0.847. The molecule has 0 fully saturated rings. The zero-order valence-corrected chi connectivity index (χ0v) is 11.2. The van der Waals surface area contributed by atoms with Crippen molar-refractivity contribution in [3.63, 3.8) is 0 Å². The highest BCUT2D eigenvalue weighted by atomic mass is 16.7. The summed E-state index contributed by atoms with van der Waals surface area (Å²) in [6.45, 7) is 5.25. The number of nitrogens with zero attached hydrogens (tertiary/aromatic N) is 1. The lowest BCUT2D eigenvalue weighted by Gasteiger charge is -2.30. The maximum absolute atomic E-state index is 11.7. The average molecular weight is 247 g/mol. The highest BCUT2D eigenvalue weighted by Gasteiger charge is 2.31. The predicted molar refractivity (Wildman–Crippen MR) is 61.7 cm³/mol. The van der Waals surface area contributed by atoms with Crippen molar-refractivity contribution in [3.8, 4) is 0 Å². The fourth-order valence-electron chi connectivity index (χ4n) is 1.17. The molecule has 0 radical (unpaired) electrons. The van der Waals surface area contributed by atoms with Gasteiger partial charge in [0.25, 0.3) is 0 Å². The highest BCUT2D eigenvalue weighted by Crippen LogP contribution is 2.12. The van der Waals surface area contributed by atoms with Gasteiger partial charge in [-0.25, -0.2) is 4.79 Å². The van der Waals surface area contributed by atoms with Crippen LogP contribution >= 0.6 is 0 Å². The molecule has 17 heavy (non-hydrogen) atoms. The number of ether oxygens (including phenoxy) is 3. The highest BCUT2D eigenvalue weighted by molar-refractivity contribution is 5.73. The Kier molecular flexibility index (Phi) is 6.12. The molecule has 0 spiro atoms. The number of methoxy groups -OCH3 is 2. The fourth-order valence-corrected chi connectivity index (χ4v) is 1.17. The Hall–Kier alpha value is -1.14. The maximum Gasteiger partial charge on any atom is 0.410 e. The van der Waals surface area contributed by atoms with Gasteiger partial charge in [-0.1, -0.05) is 0 Å². The first-order valence-corrected chi connectivity index (χ1v) is 5.23. The Labute approximate surface area is 102 Å². The van der Waals surface area contributed by atoms with Crippen LogP contribution in [0.5, 0.6) is 0 Å². The molecule has 0 aliphatic rings. The van der Waals surface area contributed by atoms with Crippen LogP contribution in [0.2, 0.25) is 0 Å². The third-order valence-electron chi connectivity index (χ3n) is 2.01. The van der Waals surface area contributed by atoms with Gasteiger partial charge in [-0.15, -0.1) is 0 Å². The van der Waals surface area contributed by atoms with Crippen molar-refractivity contribution >= 4 is 12.4 Å². The SMILES string of the molecule is COC(OC)C(C=O)N(C)C(=O)OC(C)(C)C. The first kappa shape index (κ1) is 15.9. The Morgan fingerprint density at radius 1 is 1.24 bits per heavy atom. The van der Waals surface area contributed by atoms with Crippen LogP contribution in [-0.4, -0.2) is 56.5 Å². The molecule has 0 aliphatic carbocycles. The van der Waals surface area contributed by atoms with Gasteiger partial charge < -0.3 is 19.0 Å². The van der Waals surface area contributed by atoms with E-state index in [9.17, 15) is 9.59 Å². The van der Waals surface area contributed by atoms with E-state index in [1.165, 1.54) is 21.3 Å². The molecule has 0 aromatic heterocycles. The van der Waals surface area contributed by atoms with Gasteiger partial charge in [-0.2, -0.15) is 0 Å². The second-order valence-corrected chi connectivity index (χ2v) is 4.56. The van der Waals surface area contributed by atoms with Gasteiger partial charge in [-0.05, 0) is 20.8 Å². The molecule has 0 rings (SSSR count). The molecule has 6 nitrogen and oxygen atoms in total. The van der Waals surface area contributed by atoms with Crippen molar-refractivity contribution in [2.24, 2.45) is 0 Å². The van der Waals surface area contributed by atoms with Gasteiger partial charge in [0.15, 0.2) is 6.29 Å². The van der Waals surface area contributed by atoms with Crippen LogP contribution in [-0.2, 0) is 19.0 Å². The van der Waals surface area contributed by atoms with Gasteiger partial charge in [0, 0.05) is 21.3 Å². The van der Waals surface area contributed by atoms with E-state index in [0.29, 0.717) is 6.29 Å². The number of hydrogen-bond donors (Lipinski definition) is 0. The lowest BCUT2D eigenvalue weighted by atomic mass is 10.2. The summed E-state index contributed by atoms with van der Waals surface area (Å²) in [4.78, 5) is 23.8. The molecule has 1 atom stereocenters. The number of carbonyl (C=O) groups excluding carboxylic acids is 2. The van der Waals surface area contributed by atoms with E-state index in [-0.39, 0.29) is 0 Å². The van der Waals surface area contributed by atoms with Crippen molar-refractivity contribution < 1.29 is 23.8 Å². The largest absolute Gasteiger partial charge is 0.444 e. The molecule has 0 aromatic rings. The number of carbonyl (C=O) groups is 2. The van der Waals surface area contributed by atoms with Gasteiger partial charge in [0.2, 0.25) is 0 Å². The number of rotatable bonds is 5. The summed E-state index contributed by atoms with van der Waals surface area (Å²) in [7, 11) is 4.25. The normalized spacial score (nSPS) is 13.4. The third kappa shape index (κ3) is 5.14. The number of hydrogen-bond acceptors (Lipinski definition) is 5. The summed E-state index contributed by atoms with van der Waals surface area (Å²) in [5.41, 5.74) is -0.617. The van der Waals surface area contributed by atoms with Crippen LogP contribution < -0.4 is 0 Å². The minimum atomic E-state index is -0.847. The Morgan fingerprint density at radius 2 is 1.71 bits per heavy atom. The number of likely N-dealkylation sites (N-methyl/N-ethyl adjacent to an activating group) is 1. The summed E-state index contributed by atoms with van der Waals surface area (Å²) >= 11 is 0. The maximum atomic E-state index is 11.7. The smallest absolute Gasteiger partial charge is 0.410 e. The monoisotopic (exact) mass is 247 g/mol. The molecule has 0 saturated carbocycles. The summed E-state index contributed by atoms with van der Waals surface area (Å²) in [5.74, 6) is 0. The van der Waals surface area contributed by atoms with Crippen LogP contribution in [0.25, 0.3) is 0 Å².